The fraction of sp³-hybridized carbons (Fsp3) is 0.444. The van der Waals surface area contributed by atoms with Gasteiger partial charge in [-0.15, -0.1) is 0 Å². The molecular weight excluding hydrogens is 124 g/mol. The van der Waals surface area contributed by atoms with Crippen molar-refractivity contribution in [3.8, 4) is 0 Å². The first kappa shape index (κ1) is 7.26. The molecule has 0 amide bonds. The highest BCUT2D eigenvalue weighted by atomic mass is 16.1. The molecule has 54 valence electrons. The molecular formula is C9H12O. The van der Waals surface area contributed by atoms with Gasteiger partial charge in [-0.25, -0.2) is 0 Å². The van der Waals surface area contributed by atoms with Gasteiger partial charge in [0.05, 0.1) is 0 Å². The Morgan fingerprint density at radius 3 is 3.00 bits per heavy atom. The minimum absolute atomic E-state index is 0.148. The zero-order valence-electron chi connectivity index (χ0n) is 6.26. The minimum Gasteiger partial charge on any atom is -0.290 e. The van der Waals surface area contributed by atoms with E-state index in [0.717, 1.165) is 19.3 Å². The second-order valence-corrected chi connectivity index (χ2v) is 2.56. The molecule has 0 aromatic rings. The fourth-order valence-electron chi connectivity index (χ4n) is 1.13. The summed E-state index contributed by atoms with van der Waals surface area (Å²) in [5.41, 5.74) is 1.27. The van der Waals surface area contributed by atoms with Crippen molar-refractivity contribution >= 4 is 5.78 Å². The summed E-state index contributed by atoms with van der Waals surface area (Å²) in [4.78, 5) is 10.8. The lowest BCUT2D eigenvalue weighted by molar-refractivity contribution is -0.110. The zero-order chi connectivity index (χ0) is 7.40. The zero-order valence-corrected chi connectivity index (χ0v) is 6.26. The van der Waals surface area contributed by atoms with Crippen LogP contribution in [0.4, 0.5) is 0 Å². The molecule has 1 heteroatoms. The van der Waals surface area contributed by atoms with E-state index in [-0.39, 0.29) is 5.78 Å². The van der Waals surface area contributed by atoms with E-state index >= 15 is 0 Å². The highest BCUT2D eigenvalue weighted by Gasteiger charge is 2.01. The smallest absolute Gasteiger partial charge is 0.178 e. The summed E-state index contributed by atoms with van der Waals surface area (Å²) in [6.07, 6.45) is 8.50. The average molecular weight is 136 g/mol. The van der Waals surface area contributed by atoms with E-state index in [4.69, 9.17) is 0 Å². The molecule has 0 spiro atoms. The maximum absolute atomic E-state index is 10.8. The fourth-order valence-corrected chi connectivity index (χ4v) is 1.13. The monoisotopic (exact) mass is 136 g/mol. The molecule has 0 unspecified atom stereocenters. The molecule has 0 atom stereocenters. The van der Waals surface area contributed by atoms with Gasteiger partial charge < -0.3 is 0 Å². The van der Waals surface area contributed by atoms with Crippen molar-refractivity contribution in [2.75, 3.05) is 0 Å². The van der Waals surface area contributed by atoms with Crippen LogP contribution in [0.1, 0.15) is 26.2 Å². The van der Waals surface area contributed by atoms with Crippen LogP contribution in [-0.2, 0) is 4.79 Å². The highest BCUT2D eigenvalue weighted by Crippen LogP contribution is 2.13. The number of ketones is 1. The third kappa shape index (κ3) is 1.83. The van der Waals surface area contributed by atoms with E-state index in [1.165, 1.54) is 5.57 Å². The van der Waals surface area contributed by atoms with E-state index in [9.17, 15) is 4.79 Å². The number of allylic oxidation sites excluding steroid dienone is 4. The van der Waals surface area contributed by atoms with Gasteiger partial charge in [0.2, 0.25) is 0 Å². The quantitative estimate of drug-likeness (QED) is 0.569. The summed E-state index contributed by atoms with van der Waals surface area (Å²) in [6.45, 7) is 2.13. The van der Waals surface area contributed by atoms with Crippen LogP contribution in [0.2, 0.25) is 0 Å². The van der Waals surface area contributed by atoms with Crippen LogP contribution in [0.25, 0.3) is 0 Å². The van der Waals surface area contributed by atoms with Crippen LogP contribution in [0.15, 0.2) is 23.8 Å². The molecule has 0 N–H and O–H groups in total. The van der Waals surface area contributed by atoms with Crippen molar-refractivity contribution in [2.45, 2.75) is 26.2 Å². The predicted molar refractivity (Wildman–Crippen MR) is 41.8 cm³/mol. The normalized spacial score (nSPS) is 17.3. The van der Waals surface area contributed by atoms with Gasteiger partial charge in [-0.1, -0.05) is 25.0 Å². The SMILES string of the molecule is CCCC1=CC(=O)C=CC1. The van der Waals surface area contributed by atoms with Gasteiger partial charge in [0.15, 0.2) is 5.78 Å². The van der Waals surface area contributed by atoms with Crippen molar-refractivity contribution in [2.24, 2.45) is 0 Å². The van der Waals surface area contributed by atoms with Crippen LogP contribution in [0, 0.1) is 0 Å². The lowest BCUT2D eigenvalue weighted by Crippen LogP contribution is -1.95. The maximum Gasteiger partial charge on any atom is 0.178 e. The molecule has 1 rings (SSSR count). The van der Waals surface area contributed by atoms with Crippen molar-refractivity contribution < 1.29 is 4.79 Å². The van der Waals surface area contributed by atoms with Gasteiger partial charge in [-0.2, -0.15) is 0 Å². The van der Waals surface area contributed by atoms with Crippen molar-refractivity contribution in [1.29, 1.82) is 0 Å². The van der Waals surface area contributed by atoms with E-state index in [2.05, 4.69) is 6.92 Å². The Morgan fingerprint density at radius 1 is 1.60 bits per heavy atom. The number of hydrogen-bond acceptors (Lipinski definition) is 1. The molecule has 0 fully saturated rings. The first-order valence-corrected chi connectivity index (χ1v) is 3.73. The lowest BCUT2D eigenvalue weighted by atomic mass is 10.0. The molecule has 0 saturated carbocycles. The average Bonchev–Trinajstić information content (AvgIpc) is 1.88. The third-order valence-electron chi connectivity index (χ3n) is 1.58. The summed E-state index contributed by atoms with van der Waals surface area (Å²) in [5.74, 6) is 0.148. The van der Waals surface area contributed by atoms with E-state index < -0.39 is 0 Å². The van der Waals surface area contributed by atoms with Crippen LogP contribution in [0.5, 0.6) is 0 Å². The first-order valence-electron chi connectivity index (χ1n) is 3.73. The Morgan fingerprint density at radius 2 is 2.40 bits per heavy atom. The number of rotatable bonds is 2. The van der Waals surface area contributed by atoms with Crippen LogP contribution in [0.3, 0.4) is 0 Å². The molecule has 1 aliphatic carbocycles. The second-order valence-electron chi connectivity index (χ2n) is 2.56. The first-order chi connectivity index (χ1) is 4.83. The van der Waals surface area contributed by atoms with Crippen molar-refractivity contribution in [3.05, 3.63) is 23.8 Å². The predicted octanol–water partition coefficient (Wildman–Crippen LogP) is 2.24. The van der Waals surface area contributed by atoms with Crippen molar-refractivity contribution in [1.82, 2.24) is 0 Å². The van der Waals surface area contributed by atoms with Gasteiger partial charge in [0.25, 0.3) is 0 Å². The maximum atomic E-state index is 10.8. The minimum atomic E-state index is 0.148. The van der Waals surface area contributed by atoms with E-state index in [1.807, 2.05) is 6.08 Å². The molecule has 0 saturated heterocycles. The Kier molecular flexibility index (Phi) is 2.43. The Hall–Kier alpha value is -0.850. The largest absolute Gasteiger partial charge is 0.290 e. The standard InChI is InChI=1S/C9H12O/c1-2-4-8-5-3-6-9(10)7-8/h3,6-7H,2,4-5H2,1H3. The molecule has 0 aromatic heterocycles. The van der Waals surface area contributed by atoms with Gasteiger partial charge in [0, 0.05) is 0 Å². The van der Waals surface area contributed by atoms with Crippen molar-refractivity contribution in [3.63, 3.8) is 0 Å². The van der Waals surface area contributed by atoms with Crippen LogP contribution >= 0.6 is 0 Å². The molecule has 0 aromatic carbocycles. The summed E-state index contributed by atoms with van der Waals surface area (Å²) < 4.78 is 0. The summed E-state index contributed by atoms with van der Waals surface area (Å²) >= 11 is 0. The molecule has 1 nitrogen and oxygen atoms in total. The molecule has 1 aliphatic rings. The highest BCUT2D eigenvalue weighted by molar-refractivity contribution is 6.00. The molecule has 10 heavy (non-hydrogen) atoms. The molecule has 0 radical (unpaired) electrons. The second kappa shape index (κ2) is 3.35. The topological polar surface area (TPSA) is 17.1 Å². The Bertz CT molecular complexity index is 187. The molecule has 0 aliphatic heterocycles. The molecule has 0 heterocycles. The van der Waals surface area contributed by atoms with E-state index in [0.29, 0.717) is 0 Å². The van der Waals surface area contributed by atoms with Gasteiger partial charge >= 0.3 is 0 Å². The Balaban J connectivity index is 2.53. The number of carbonyl (C=O) groups excluding carboxylic acids is 1. The third-order valence-corrected chi connectivity index (χ3v) is 1.58. The van der Waals surface area contributed by atoms with Gasteiger partial charge in [0.1, 0.15) is 0 Å². The summed E-state index contributed by atoms with van der Waals surface area (Å²) in [5, 5.41) is 0. The van der Waals surface area contributed by atoms with Gasteiger partial charge in [-0.3, -0.25) is 4.79 Å². The van der Waals surface area contributed by atoms with E-state index in [1.54, 1.807) is 12.2 Å². The van der Waals surface area contributed by atoms with Crippen LogP contribution in [-0.4, -0.2) is 5.78 Å². The summed E-state index contributed by atoms with van der Waals surface area (Å²) in [6, 6.07) is 0. The van der Waals surface area contributed by atoms with Crippen LogP contribution < -0.4 is 0 Å². The Labute approximate surface area is 61.4 Å². The lowest BCUT2D eigenvalue weighted by Gasteiger charge is -2.04. The number of carbonyl (C=O) groups is 1. The van der Waals surface area contributed by atoms with Gasteiger partial charge in [-0.05, 0) is 25.0 Å². The number of hydrogen-bond donors (Lipinski definition) is 0. The summed E-state index contributed by atoms with van der Waals surface area (Å²) in [7, 11) is 0. The molecule has 0 bridgehead atoms.